The molecule has 0 radical (unpaired) electrons. The molecule has 0 aromatic carbocycles. The largest absolute Gasteiger partial charge is 0.374 e. The van der Waals surface area contributed by atoms with Crippen molar-refractivity contribution in [1.29, 1.82) is 0 Å². The van der Waals surface area contributed by atoms with Crippen LogP contribution in [-0.4, -0.2) is 38.3 Å². The van der Waals surface area contributed by atoms with Crippen molar-refractivity contribution in [3.63, 3.8) is 0 Å². The highest BCUT2D eigenvalue weighted by Gasteiger charge is 2.09. The SMILES string of the molecule is CCNc1cc(Sc2n[nH]c(C)n2)nc(COCC)n1. The number of nitrogens with one attached hydrogen (secondary N) is 2. The van der Waals surface area contributed by atoms with Gasteiger partial charge in [0, 0.05) is 19.2 Å². The molecule has 0 saturated carbocycles. The number of nitrogens with zero attached hydrogens (tertiary/aromatic N) is 4. The Morgan fingerprint density at radius 3 is 2.80 bits per heavy atom. The Morgan fingerprint density at radius 2 is 2.15 bits per heavy atom. The van der Waals surface area contributed by atoms with Gasteiger partial charge in [-0.05, 0) is 32.5 Å². The summed E-state index contributed by atoms with van der Waals surface area (Å²) in [5, 5.41) is 11.5. The summed E-state index contributed by atoms with van der Waals surface area (Å²) in [4.78, 5) is 13.1. The summed E-state index contributed by atoms with van der Waals surface area (Å²) in [5.74, 6) is 2.22. The lowest BCUT2D eigenvalue weighted by Gasteiger charge is -2.07. The summed E-state index contributed by atoms with van der Waals surface area (Å²) in [6.07, 6.45) is 0. The normalized spacial score (nSPS) is 10.8. The lowest BCUT2D eigenvalue weighted by molar-refractivity contribution is 0.128. The van der Waals surface area contributed by atoms with Gasteiger partial charge in [-0.25, -0.2) is 15.0 Å². The quantitative estimate of drug-likeness (QED) is 0.755. The molecule has 0 fully saturated rings. The van der Waals surface area contributed by atoms with Crippen molar-refractivity contribution in [3.05, 3.63) is 17.7 Å². The van der Waals surface area contributed by atoms with Gasteiger partial charge in [-0.3, -0.25) is 5.10 Å². The maximum absolute atomic E-state index is 5.36. The Balaban J connectivity index is 2.18. The number of aromatic amines is 1. The van der Waals surface area contributed by atoms with Crippen molar-refractivity contribution in [3.8, 4) is 0 Å². The summed E-state index contributed by atoms with van der Waals surface area (Å²) in [6.45, 7) is 7.67. The van der Waals surface area contributed by atoms with E-state index in [1.807, 2.05) is 26.8 Å². The standard InChI is InChI=1S/C12H18N6OS/c1-4-13-9-6-11(16-10(15-9)7-19-5-2)20-12-14-8(3)17-18-12/h6H,4-5,7H2,1-3H3,(H,13,15,16)(H,14,17,18). The fourth-order valence-electron chi connectivity index (χ4n) is 1.52. The maximum Gasteiger partial charge on any atom is 0.214 e. The van der Waals surface area contributed by atoms with Crippen molar-refractivity contribution >= 4 is 17.6 Å². The maximum atomic E-state index is 5.36. The summed E-state index contributed by atoms with van der Waals surface area (Å²) in [7, 11) is 0. The number of aromatic nitrogens is 5. The van der Waals surface area contributed by atoms with Crippen molar-refractivity contribution in [2.24, 2.45) is 0 Å². The van der Waals surface area contributed by atoms with Gasteiger partial charge in [0.25, 0.3) is 0 Å². The number of hydrogen-bond donors (Lipinski definition) is 2. The summed E-state index contributed by atoms with van der Waals surface area (Å²) in [6, 6.07) is 1.88. The van der Waals surface area contributed by atoms with E-state index in [-0.39, 0.29) is 0 Å². The van der Waals surface area contributed by atoms with E-state index >= 15 is 0 Å². The van der Waals surface area contributed by atoms with E-state index in [0.29, 0.717) is 24.2 Å². The summed E-state index contributed by atoms with van der Waals surface area (Å²) < 4.78 is 5.36. The molecule has 0 spiro atoms. The van der Waals surface area contributed by atoms with E-state index < -0.39 is 0 Å². The van der Waals surface area contributed by atoms with Gasteiger partial charge in [-0.1, -0.05) is 0 Å². The first-order valence-electron chi connectivity index (χ1n) is 6.47. The molecule has 0 atom stereocenters. The Bertz CT molecular complexity index is 559. The number of aryl methyl sites for hydroxylation is 1. The van der Waals surface area contributed by atoms with Gasteiger partial charge in [-0.2, -0.15) is 0 Å². The number of H-pyrrole nitrogens is 1. The van der Waals surface area contributed by atoms with Crippen LogP contribution >= 0.6 is 11.8 Å². The molecule has 2 heterocycles. The Morgan fingerprint density at radius 1 is 1.30 bits per heavy atom. The van der Waals surface area contributed by atoms with Crippen molar-refractivity contribution in [2.75, 3.05) is 18.5 Å². The fourth-order valence-corrected chi connectivity index (χ4v) is 2.30. The van der Waals surface area contributed by atoms with Crippen LogP contribution in [0.1, 0.15) is 25.5 Å². The predicted octanol–water partition coefficient (Wildman–Crippen LogP) is 2.02. The Labute approximate surface area is 122 Å². The third-order valence-electron chi connectivity index (χ3n) is 2.31. The molecule has 8 heteroatoms. The minimum absolute atomic E-state index is 0.399. The third-order valence-corrected chi connectivity index (χ3v) is 3.10. The Hall–Kier alpha value is -1.67. The van der Waals surface area contributed by atoms with Crippen LogP contribution < -0.4 is 5.32 Å². The van der Waals surface area contributed by atoms with E-state index in [4.69, 9.17) is 4.74 Å². The third kappa shape index (κ3) is 4.17. The molecule has 2 aromatic heterocycles. The van der Waals surface area contributed by atoms with Crippen LogP contribution in [0.15, 0.2) is 16.2 Å². The lowest BCUT2D eigenvalue weighted by atomic mass is 10.5. The van der Waals surface area contributed by atoms with Crippen LogP contribution in [0.5, 0.6) is 0 Å². The van der Waals surface area contributed by atoms with Crippen molar-refractivity contribution in [2.45, 2.75) is 37.6 Å². The van der Waals surface area contributed by atoms with Gasteiger partial charge in [0.05, 0.1) is 0 Å². The van der Waals surface area contributed by atoms with Crippen LogP contribution in [0.25, 0.3) is 0 Å². The summed E-state index contributed by atoms with van der Waals surface area (Å²) in [5.41, 5.74) is 0. The molecule has 0 aliphatic rings. The smallest absolute Gasteiger partial charge is 0.214 e. The monoisotopic (exact) mass is 294 g/mol. The fraction of sp³-hybridized carbons (Fsp3) is 0.500. The van der Waals surface area contributed by atoms with E-state index in [2.05, 4.69) is 30.5 Å². The van der Waals surface area contributed by atoms with Crippen LogP contribution in [-0.2, 0) is 11.3 Å². The zero-order chi connectivity index (χ0) is 14.4. The second-order valence-corrected chi connectivity index (χ2v) is 4.97. The number of anilines is 1. The Kier molecular flexibility index (Phi) is 5.31. The molecule has 0 aliphatic carbocycles. The molecule has 7 nitrogen and oxygen atoms in total. The van der Waals surface area contributed by atoms with Gasteiger partial charge in [-0.15, -0.1) is 5.10 Å². The van der Waals surface area contributed by atoms with Crippen LogP contribution in [0.2, 0.25) is 0 Å². The lowest BCUT2D eigenvalue weighted by Crippen LogP contribution is -2.06. The highest BCUT2D eigenvalue weighted by Crippen LogP contribution is 2.24. The first-order chi connectivity index (χ1) is 9.71. The molecule has 0 saturated heterocycles. The molecule has 2 rings (SSSR count). The van der Waals surface area contributed by atoms with E-state index in [9.17, 15) is 0 Å². The molecular weight excluding hydrogens is 276 g/mol. The van der Waals surface area contributed by atoms with E-state index in [1.54, 1.807) is 0 Å². The molecular formula is C12H18N6OS. The molecule has 0 unspecified atom stereocenters. The van der Waals surface area contributed by atoms with Gasteiger partial charge in [0.15, 0.2) is 5.82 Å². The molecule has 108 valence electrons. The highest BCUT2D eigenvalue weighted by atomic mass is 32.2. The molecule has 0 bridgehead atoms. The van der Waals surface area contributed by atoms with Crippen molar-refractivity contribution < 1.29 is 4.74 Å². The van der Waals surface area contributed by atoms with E-state index in [1.165, 1.54) is 11.8 Å². The molecule has 20 heavy (non-hydrogen) atoms. The first kappa shape index (κ1) is 14.7. The van der Waals surface area contributed by atoms with Gasteiger partial charge >= 0.3 is 0 Å². The second-order valence-electron chi connectivity index (χ2n) is 3.98. The van der Waals surface area contributed by atoms with Crippen LogP contribution in [0, 0.1) is 6.92 Å². The van der Waals surface area contributed by atoms with Gasteiger partial charge in [0.2, 0.25) is 5.16 Å². The van der Waals surface area contributed by atoms with Crippen LogP contribution in [0.4, 0.5) is 5.82 Å². The zero-order valence-electron chi connectivity index (χ0n) is 11.8. The van der Waals surface area contributed by atoms with Crippen LogP contribution in [0.3, 0.4) is 0 Å². The van der Waals surface area contributed by atoms with Gasteiger partial charge in [0.1, 0.15) is 23.3 Å². The topological polar surface area (TPSA) is 88.6 Å². The average molecular weight is 294 g/mol. The second kappa shape index (κ2) is 7.20. The zero-order valence-corrected chi connectivity index (χ0v) is 12.6. The molecule has 2 N–H and O–H groups in total. The number of hydrogen-bond acceptors (Lipinski definition) is 7. The predicted molar refractivity (Wildman–Crippen MR) is 76.8 cm³/mol. The highest BCUT2D eigenvalue weighted by molar-refractivity contribution is 7.99. The van der Waals surface area contributed by atoms with E-state index in [0.717, 1.165) is 23.2 Å². The molecule has 0 aliphatic heterocycles. The number of ether oxygens (including phenoxy) is 1. The minimum Gasteiger partial charge on any atom is -0.374 e. The van der Waals surface area contributed by atoms with Gasteiger partial charge < -0.3 is 10.1 Å². The first-order valence-corrected chi connectivity index (χ1v) is 7.29. The minimum atomic E-state index is 0.399. The molecule has 0 amide bonds. The van der Waals surface area contributed by atoms with Crippen molar-refractivity contribution in [1.82, 2.24) is 25.1 Å². The summed E-state index contributed by atoms with van der Waals surface area (Å²) >= 11 is 1.40. The average Bonchev–Trinajstić information content (AvgIpc) is 2.82. The molecule has 2 aromatic rings. The number of rotatable bonds is 7.